The van der Waals surface area contributed by atoms with E-state index in [1.165, 1.54) is 4.90 Å². The van der Waals surface area contributed by atoms with Gasteiger partial charge in [0.2, 0.25) is 5.91 Å². The Hall–Kier alpha value is -1.14. The van der Waals surface area contributed by atoms with Gasteiger partial charge in [-0.3, -0.25) is 14.6 Å². The van der Waals surface area contributed by atoms with Crippen molar-refractivity contribution in [3.63, 3.8) is 0 Å². The minimum atomic E-state index is -0.305. The Morgan fingerprint density at radius 2 is 2.12 bits per heavy atom. The molecule has 0 aromatic rings. The minimum Gasteiger partial charge on any atom is -0.396 e. The third-order valence-electron chi connectivity index (χ3n) is 2.88. The molecule has 0 aromatic carbocycles. The molecule has 0 spiro atoms. The highest BCUT2D eigenvalue weighted by Crippen LogP contribution is 2.03. The zero-order chi connectivity index (χ0) is 12.8. The number of urea groups is 1. The van der Waals surface area contributed by atoms with Gasteiger partial charge in [0, 0.05) is 32.3 Å². The van der Waals surface area contributed by atoms with E-state index in [0.717, 1.165) is 6.54 Å². The van der Waals surface area contributed by atoms with Gasteiger partial charge in [0.1, 0.15) is 0 Å². The molecule has 0 aromatic heterocycles. The minimum absolute atomic E-state index is 0.108. The van der Waals surface area contributed by atoms with Crippen LogP contribution in [0, 0.1) is 0 Å². The highest BCUT2D eigenvalue weighted by molar-refractivity contribution is 6.01. The Morgan fingerprint density at radius 1 is 1.41 bits per heavy atom. The Bertz CT molecular complexity index is 265. The zero-order valence-corrected chi connectivity index (χ0v) is 10.5. The van der Waals surface area contributed by atoms with Crippen LogP contribution in [0.2, 0.25) is 0 Å². The average Bonchev–Trinajstić information content (AvgIpc) is 2.59. The van der Waals surface area contributed by atoms with Crippen molar-refractivity contribution in [3.8, 4) is 0 Å². The van der Waals surface area contributed by atoms with Crippen LogP contribution >= 0.6 is 0 Å². The van der Waals surface area contributed by atoms with Gasteiger partial charge in [-0.15, -0.1) is 0 Å². The molecule has 0 atom stereocenters. The Balaban J connectivity index is 2.40. The highest BCUT2D eigenvalue weighted by Gasteiger charge is 2.28. The summed E-state index contributed by atoms with van der Waals surface area (Å²) in [6, 6.07) is 0.0307. The summed E-state index contributed by atoms with van der Waals surface area (Å²) < 4.78 is 0. The van der Waals surface area contributed by atoms with Gasteiger partial charge in [-0.1, -0.05) is 0 Å². The first-order chi connectivity index (χ1) is 8.06. The van der Waals surface area contributed by atoms with Gasteiger partial charge >= 0.3 is 6.03 Å². The number of aliphatic hydroxyl groups excluding tert-OH is 1. The van der Waals surface area contributed by atoms with Crippen LogP contribution in [0.15, 0.2) is 0 Å². The standard InChI is InChI=1S/C11H21N3O3/c1-9(2)13(4-3-7-15)5-6-14-10(16)8-12-11(14)17/h9,15H,3-8H2,1-2H3,(H,12,17). The lowest BCUT2D eigenvalue weighted by molar-refractivity contribution is -0.125. The Kier molecular flexibility index (Phi) is 5.37. The summed E-state index contributed by atoms with van der Waals surface area (Å²) in [6.07, 6.45) is 0.707. The highest BCUT2D eigenvalue weighted by atomic mass is 16.3. The topological polar surface area (TPSA) is 72.9 Å². The van der Waals surface area contributed by atoms with Gasteiger partial charge in [-0.2, -0.15) is 0 Å². The average molecular weight is 243 g/mol. The number of amides is 3. The molecule has 1 saturated heterocycles. The molecule has 98 valence electrons. The molecule has 1 aliphatic heterocycles. The van der Waals surface area contributed by atoms with Crippen LogP contribution in [-0.2, 0) is 4.79 Å². The third kappa shape index (κ3) is 3.98. The van der Waals surface area contributed by atoms with Crippen LogP contribution in [0.5, 0.6) is 0 Å². The molecule has 1 rings (SSSR count). The van der Waals surface area contributed by atoms with E-state index in [4.69, 9.17) is 5.11 Å². The van der Waals surface area contributed by atoms with Crippen LogP contribution in [-0.4, -0.2) is 65.7 Å². The lowest BCUT2D eigenvalue weighted by atomic mass is 10.3. The number of carbonyl (C=O) groups is 2. The summed E-state index contributed by atoms with van der Waals surface area (Å²) >= 11 is 0. The van der Waals surface area contributed by atoms with Crippen molar-refractivity contribution in [1.82, 2.24) is 15.1 Å². The number of nitrogens with zero attached hydrogens (tertiary/aromatic N) is 2. The fourth-order valence-electron chi connectivity index (χ4n) is 1.81. The summed E-state index contributed by atoms with van der Waals surface area (Å²) in [4.78, 5) is 26.1. The number of imide groups is 1. The second-order valence-electron chi connectivity index (χ2n) is 4.41. The molecule has 1 heterocycles. The first-order valence-electron chi connectivity index (χ1n) is 5.99. The van der Waals surface area contributed by atoms with E-state index in [9.17, 15) is 9.59 Å². The van der Waals surface area contributed by atoms with Gasteiger partial charge < -0.3 is 10.4 Å². The molecule has 0 unspecified atom stereocenters. The molecule has 0 aliphatic carbocycles. The van der Waals surface area contributed by atoms with Crippen molar-refractivity contribution < 1.29 is 14.7 Å². The van der Waals surface area contributed by atoms with Crippen molar-refractivity contribution in [3.05, 3.63) is 0 Å². The van der Waals surface area contributed by atoms with Crippen molar-refractivity contribution in [1.29, 1.82) is 0 Å². The number of hydrogen-bond donors (Lipinski definition) is 2. The summed E-state index contributed by atoms with van der Waals surface area (Å²) in [5.74, 6) is -0.166. The van der Waals surface area contributed by atoms with E-state index in [1.807, 2.05) is 0 Å². The maximum atomic E-state index is 11.4. The molecule has 6 heteroatoms. The third-order valence-corrected chi connectivity index (χ3v) is 2.88. The van der Waals surface area contributed by atoms with Gasteiger partial charge in [0.25, 0.3) is 0 Å². The number of rotatable bonds is 7. The molecule has 0 radical (unpaired) electrons. The lowest BCUT2D eigenvalue weighted by Crippen LogP contribution is -2.41. The quantitative estimate of drug-likeness (QED) is 0.598. The van der Waals surface area contributed by atoms with E-state index in [2.05, 4.69) is 24.1 Å². The van der Waals surface area contributed by atoms with E-state index in [0.29, 0.717) is 25.6 Å². The number of hydrogen-bond acceptors (Lipinski definition) is 4. The predicted molar refractivity (Wildman–Crippen MR) is 63.5 cm³/mol. The second kappa shape index (κ2) is 6.56. The molecule has 2 N–H and O–H groups in total. The van der Waals surface area contributed by atoms with Crippen LogP contribution in [0.4, 0.5) is 4.79 Å². The van der Waals surface area contributed by atoms with Crippen molar-refractivity contribution in [2.75, 3.05) is 32.8 Å². The predicted octanol–water partition coefficient (Wildman–Crippen LogP) is -0.369. The molecule has 1 aliphatic rings. The first kappa shape index (κ1) is 13.9. The van der Waals surface area contributed by atoms with E-state index < -0.39 is 0 Å². The Morgan fingerprint density at radius 3 is 2.59 bits per heavy atom. The van der Waals surface area contributed by atoms with E-state index >= 15 is 0 Å². The molecule has 0 bridgehead atoms. The van der Waals surface area contributed by atoms with Crippen LogP contribution < -0.4 is 5.32 Å². The van der Waals surface area contributed by atoms with E-state index in [1.54, 1.807) is 0 Å². The van der Waals surface area contributed by atoms with Crippen molar-refractivity contribution >= 4 is 11.9 Å². The Labute approximate surface area is 102 Å². The zero-order valence-electron chi connectivity index (χ0n) is 10.5. The second-order valence-corrected chi connectivity index (χ2v) is 4.41. The number of nitrogens with one attached hydrogen (secondary N) is 1. The maximum Gasteiger partial charge on any atom is 0.324 e. The summed E-state index contributed by atoms with van der Waals surface area (Å²) in [7, 11) is 0. The van der Waals surface area contributed by atoms with Crippen molar-refractivity contribution in [2.45, 2.75) is 26.3 Å². The van der Waals surface area contributed by atoms with Gasteiger partial charge in [-0.05, 0) is 20.3 Å². The fourth-order valence-corrected chi connectivity index (χ4v) is 1.81. The molecular formula is C11H21N3O3. The molecule has 6 nitrogen and oxygen atoms in total. The summed E-state index contributed by atoms with van der Waals surface area (Å²) in [5, 5.41) is 11.3. The summed E-state index contributed by atoms with van der Waals surface area (Å²) in [5.41, 5.74) is 0. The van der Waals surface area contributed by atoms with Crippen LogP contribution in [0.1, 0.15) is 20.3 Å². The normalized spacial score (nSPS) is 16.2. The van der Waals surface area contributed by atoms with Gasteiger partial charge in [0.15, 0.2) is 0 Å². The smallest absolute Gasteiger partial charge is 0.324 e. The lowest BCUT2D eigenvalue weighted by Gasteiger charge is -2.27. The van der Waals surface area contributed by atoms with Crippen LogP contribution in [0.25, 0.3) is 0 Å². The maximum absolute atomic E-state index is 11.4. The molecule has 3 amide bonds. The van der Waals surface area contributed by atoms with Crippen LogP contribution in [0.3, 0.4) is 0 Å². The number of aliphatic hydroxyl groups is 1. The monoisotopic (exact) mass is 243 g/mol. The fraction of sp³-hybridized carbons (Fsp3) is 0.818. The van der Waals surface area contributed by atoms with Crippen molar-refractivity contribution in [2.24, 2.45) is 0 Å². The van der Waals surface area contributed by atoms with E-state index in [-0.39, 0.29) is 25.1 Å². The summed E-state index contributed by atoms with van der Waals surface area (Å²) in [6.45, 7) is 6.22. The SMILES string of the molecule is CC(C)N(CCCO)CCN1C(=O)CNC1=O. The molecule has 17 heavy (non-hydrogen) atoms. The first-order valence-corrected chi connectivity index (χ1v) is 5.99. The molecular weight excluding hydrogens is 222 g/mol. The molecule has 1 fully saturated rings. The van der Waals surface area contributed by atoms with Gasteiger partial charge in [-0.25, -0.2) is 4.79 Å². The molecule has 0 saturated carbocycles. The largest absolute Gasteiger partial charge is 0.396 e. The van der Waals surface area contributed by atoms with Gasteiger partial charge in [0.05, 0.1) is 6.54 Å². The number of carbonyl (C=O) groups excluding carboxylic acids is 2.